The van der Waals surface area contributed by atoms with Crippen molar-refractivity contribution in [3.05, 3.63) is 41.2 Å². The Labute approximate surface area is 173 Å². The molecule has 0 fully saturated rings. The number of rotatable bonds is 9. The van der Waals surface area contributed by atoms with Crippen molar-refractivity contribution in [1.29, 1.82) is 0 Å². The van der Waals surface area contributed by atoms with E-state index in [0.29, 0.717) is 11.6 Å². The summed E-state index contributed by atoms with van der Waals surface area (Å²) in [5.41, 5.74) is 2.71. The number of nitrogens with zero attached hydrogens (tertiary/aromatic N) is 1. The summed E-state index contributed by atoms with van der Waals surface area (Å²) in [6, 6.07) is 7.41. The van der Waals surface area contributed by atoms with Gasteiger partial charge in [0.1, 0.15) is 5.76 Å². The third kappa shape index (κ3) is 7.26. The van der Waals surface area contributed by atoms with Crippen molar-refractivity contribution in [3.63, 3.8) is 0 Å². The highest BCUT2D eigenvalue weighted by Gasteiger charge is 2.14. The van der Waals surface area contributed by atoms with E-state index in [1.54, 1.807) is 13.0 Å². The number of carbonyl (C=O) groups is 3. The molecule has 0 saturated carbocycles. The number of carbonyl (C=O) groups excluding carboxylic acids is 3. The Bertz CT molecular complexity index is 879. The SMILES string of the molecule is Cc1cc(NC(=O)CSCC(=O)OCC(=O)Nc2c(C)cccc2C(C)C)no1. The van der Waals surface area contributed by atoms with Crippen LogP contribution in [0.25, 0.3) is 0 Å². The minimum absolute atomic E-state index is 0.0415. The zero-order chi connectivity index (χ0) is 21.4. The van der Waals surface area contributed by atoms with E-state index in [9.17, 15) is 14.4 Å². The Morgan fingerprint density at radius 3 is 2.55 bits per heavy atom. The minimum Gasteiger partial charge on any atom is -0.455 e. The van der Waals surface area contributed by atoms with Gasteiger partial charge in [-0.2, -0.15) is 0 Å². The number of benzene rings is 1. The van der Waals surface area contributed by atoms with Crippen molar-refractivity contribution in [1.82, 2.24) is 5.16 Å². The molecule has 1 heterocycles. The molecule has 0 aliphatic heterocycles. The molecule has 2 rings (SSSR count). The van der Waals surface area contributed by atoms with Crippen molar-refractivity contribution in [2.24, 2.45) is 0 Å². The quantitative estimate of drug-likeness (QED) is 0.600. The lowest BCUT2D eigenvalue weighted by Gasteiger charge is -2.16. The molecule has 0 unspecified atom stereocenters. The van der Waals surface area contributed by atoms with Crippen molar-refractivity contribution < 1.29 is 23.6 Å². The van der Waals surface area contributed by atoms with Crippen LogP contribution in [0, 0.1) is 13.8 Å². The molecular weight excluding hydrogens is 394 g/mol. The van der Waals surface area contributed by atoms with Crippen molar-refractivity contribution >= 4 is 41.1 Å². The number of hydrogen-bond acceptors (Lipinski definition) is 7. The van der Waals surface area contributed by atoms with E-state index in [0.717, 1.165) is 28.6 Å². The summed E-state index contributed by atoms with van der Waals surface area (Å²) in [6.07, 6.45) is 0. The third-order valence-electron chi connectivity index (χ3n) is 3.90. The predicted molar refractivity (Wildman–Crippen MR) is 112 cm³/mol. The molecule has 0 saturated heterocycles. The number of amides is 2. The van der Waals surface area contributed by atoms with Crippen LogP contribution in [0.15, 0.2) is 28.8 Å². The second-order valence-corrected chi connectivity index (χ2v) is 7.75. The van der Waals surface area contributed by atoms with E-state index in [2.05, 4.69) is 15.8 Å². The number of para-hydroxylation sites is 1. The fraction of sp³-hybridized carbons (Fsp3) is 0.400. The average Bonchev–Trinajstić information content (AvgIpc) is 3.06. The number of anilines is 2. The summed E-state index contributed by atoms with van der Waals surface area (Å²) in [4.78, 5) is 35.7. The van der Waals surface area contributed by atoms with Gasteiger partial charge < -0.3 is 19.9 Å². The number of thioether (sulfide) groups is 1. The second-order valence-electron chi connectivity index (χ2n) is 6.77. The zero-order valence-corrected chi connectivity index (χ0v) is 17.7. The third-order valence-corrected chi connectivity index (χ3v) is 4.81. The van der Waals surface area contributed by atoms with Crippen molar-refractivity contribution in [2.45, 2.75) is 33.6 Å². The molecule has 9 heteroatoms. The van der Waals surface area contributed by atoms with Crippen LogP contribution in [0.4, 0.5) is 11.5 Å². The van der Waals surface area contributed by atoms with E-state index in [4.69, 9.17) is 9.26 Å². The normalized spacial score (nSPS) is 10.7. The molecule has 2 aromatic rings. The molecule has 0 aliphatic carbocycles. The Morgan fingerprint density at radius 1 is 1.14 bits per heavy atom. The molecule has 2 N–H and O–H groups in total. The lowest BCUT2D eigenvalue weighted by molar-refractivity contribution is -0.144. The minimum atomic E-state index is -0.566. The van der Waals surface area contributed by atoms with Crippen LogP contribution in [0.1, 0.15) is 36.7 Å². The first-order chi connectivity index (χ1) is 13.8. The Kier molecular flexibility index (Phi) is 8.26. The van der Waals surface area contributed by atoms with E-state index in [1.807, 2.05) is 39.0 Å². The van der Waals surface area contributed by atoms with E-state index in [1.165, 1.54) is 0 Å². The zero-order valence-electron chi connectivity index (χ0n) is 16.9. The highest BCUT2D eigenvalue weighted by molar-refractivity contribution is 8.00. The van der Waals surface area contributed by atoms with Crippen molar-refractivity contribution in [2.75, 3.05) is 28.7 Å². The van der Waals surface area contributed by atoms with Crippen LogP contribution in [0.3, 0.4) is 0 Å². The van der Waals surface area contributed by atoms with Gasteiger partial charge in [0.15, 0.2) is 12.4 Å². The van der Waals surface area contributed by atoms with Crippen LogP contribution in [0.5, 0.6) is 0 Å². The summed E-state index contributed by atoms with van der Waals surface area (Å²) < 4.78 is 9.84. The van der Waals surface area contributed by atoms with E-state index >= 15 is 0 Å². The monoisotopic (exact) mass is 419 g/mol. The van der Waals surface area contributed by atoms with Gasteiger partial charge in [-0.05, 0) is 30.9 Å². The van der Waals surface area contributed by atoms with E-state index < -0.39 is 11.9 Å². The molecule has 0 radical (unpaired) electrons. The molecule has 0 spiro atoms. The smallest absolute Gasteiger partial charge is 0.316 e. The highest BCUT2D eigenvalue weighted by atomic mass is 32.2. The summed E-state index contributed by atoms with van der Waals surface area (Å²) in [7, 11) is 0. The fourth-order valence-electron chi connectivity index (χ4n) is 2.54. The standard InChI is InChI=1S/C20H25N3O5S/c1-12(2)15-7-5-6-13(3)20(15)22-17(24)9-27-19(26)11-29-10-18(25)21-16-8-14(4)28-23-16/h5-8,12H,9-11H2,1-4H3,(H,22,24)(H,21,23,25). The van der Waals surface area contributed by atoms with Gasteiger partial charge in [-0.3, -0.25) is 14.4 Å². The Morgan fingerprint density at radius 2 is 1.90 bits per heavy atom. The first-order valence-corrected chi connectivity index (χ1v) is 10.3. The molecule has 0 aliphatic rings. The van der Waals surface area contributed by atoms with Crippen molar-refractivity contribution in [3.8, 4) is 0 Å². The summed E-state index contributed by atoms with van der Waals surface area (Å²) in [5, 5.41) is 9.02. The number of nitrogens with one attached hydrogen (secondary N) is 2. The van der Waals surface area contributed by atoms with Crippen LogP contribution in [-0.4, -0.2) is 41.1 Å². The maximum atomic E-state index is 12.2. The summed E-state index contributed by atoms with van der Waals surface area (Å²) in [6.45, 7) is 7.33. The number of aromatic nitrogens is 1. The number of hydrogen-bond donors (Lipinski definition) is 2. The molecule has 0 atom stereocenters. The molecule has 1 aromatic heterocycles. The van der Waals surface area contributed by atoms with Crippen LogP contribution < -0.4 is 10.6 Å². The topological polar surface area (TPSA) is 111 Å². The maximum absolute atomic E-state index is 12.2. The second kappa shape index (κ2) is 10.7. The fourth-order valence-corrected chi connectivity index (χ4v) is 3.15. The lowest BCUT2D eigenvalue weighted by atomic mass is 9.98. The highest BCUT2D eigenvalue weighted by Crippen LogP contribution is 2.27. The number of aryl methyl sites for hydroxylation is 2. The van der Waals surface area contributed by atoms with E-state index in [-0.39, 0.29) is 29.9 Å². The van der Waals surface area contributed by atoms with Gasteiger partial charge in [-0.1, -0.05) is 37.2 Å². The van der Waals surface area contributed by atoms with Crippen LogP contribution in [-0.2, 0) is 19.1 Å². The van der Waals surface area contributed by atoms with Gasteiger partial charge in [-0.15, -0.1) is 11.8 Å². The molecule has 29 heavy (non-hydrogen) atoms. The Balaban J connectivity index is 1.71. The van der Waals surface area contributed by atoms with Gasteiger partial charge in [0, 0.05) is 11.8 Å². The molecule has 2 amide bonds. The first kappa shape index (κ1) is 22.5. The maximum Gasteiger partial charge on any atom is 0.316 e. The van der Waals surface area contributed by atoms with Crippen LogP contribution >= 0.6 is 11.8 Å². The van der Waals surface area contributed by atoms with Crippen LogP contribution in [0.2, 0.25) is 0 Å². The first-order valence-electron chi connectivity index (χ1n) is 9.12. The molecule has 1 aromatic carbocycles. The van der Waals surface area contributed by atoms with Gasteiger partial charge >= 0.3 is 5.97 Å². The number of ether oxygens (including phenoxy) is 1. The van der Waals surface area contributed by atoms with Gasteiger partial charge in [0.25, 0.3) is 5.91 Å². The molecule has 8 nitrogen and oxygen atoms in total. The van der Waals surface area contributed by atoms with Gasteiger partial charge in [0.2, 0.25) is 5.91 Å². The average molecular weight is 420 g/mol. The molecule has 156 valence electrons. The van der Waals surface area contributed by atoms with Gasteiger partial charge in [-0.25, -0.2) is 0 Å². The number of esters is 1. The predicted octanol–water partition coefficient (Wildman–Crippen LogP) is 3.27. The lowest BCUT2D eigenvalue weighted by Crippen LogP contribution is -2.23. The molecule has 0 bridgehead atoms. The Hall–Kier alpha value is -2.81. The van der Waals surface area contributed by atoms with Gasteiger partial charge in [0.05, 0.1) is 11.5 Å². The largest absolute Gasteiger partial charge is 0.455 e. The molecular formula is C20H25N3O5S. The summed E-state index contributed by atoms with van der Waals surface area (Å²) >= 11 is 1.08. The summed E-state index contributed by atoms with van der Waals surface area (Å²) in [5.74, 6) is -0.117.